The molecule has 1 heterocycles. The summed E-state index contributed by atoms with van der Waals surface area (Å²) < 4.78 is 0. The third-order valence-electron chi connectivity index (χ3n) is 5.97. The third kappa shape index (κ3) is 4.61. The van der Waals surface area contributed by atoms with Gasteiger partial charge in [-0.1, -0.05) is 31.4 Å². The minimum Gasteiger partial charge on any atom is -0.340 e. The van der Waals surface area contributed by atoms with Crippen molar-refractivity contribution in [1.82, 2.24) is 9.80 Å². The molecule has 0 radical (unpaired) electrons. The monoisotopic (exact) mass is 359 g/mol. The summed E-state index contributed by atoms with van der Waals surface area (Å²) in [7, 11) is 0. The molecule has 1 unspecified atom stereocenters. The van der Waals surface area contributed by atoms with Crippen LogP contribution in [0.5, 0.6) is 0 Å². The summed E-state index contributed by atoms with van der Waals surface area (Å²) in [5.41, 5.74) is 1.09. The van der Waals surface area contributed by atoms with Crippen LogP contribution in [0.25, 0.3) is 0 Å². The predicted octanol–water partition coefficient (Wildman–Crippen LogP) is 3.77. The molecule has 1 aliphatic heterocycles. The van der Waals surface area contributed by atoms with Gasteiger partial charge in [-0.15, -0.1) is 0 Å². The van der Waals surface area contributed by atoms with Crippen molar-refractivity contribution in [2.45, 2.75) is 51.5 Å². The molecule has 1 aromatic carbocycles. The summed E-state index contributed by atoms with van der Waals surface area (Å²) in [6, 6.07) is 6.99. The fraction of sp³-hybridized carbons (Fsp3) is 0.650. The van der Waals surface area contributed by atoms with Crippen LogP contribution >= 0.6 is 0 Å². The number of benzene rings is 1. The van der Waals surface area contributed by atoms with Gasteiger partial charge >= 0.3 is 0 Å². The van der Waals surface area contributed by atoms with E-state index in [1.807, 2.05) is 11.0 Å². The Hall–Kier alpha value is -1.95. The van der Waals surface area contributed by atoms with Gasteiger partial charge in [-0.3, -0.25) is 19.8 Å². The first-order valence-electron chi connectivity index (χ1n) is 9.81. The van der Waals surface area contributed by atoms with Crippen molar-refractivity contribution in [3.63, 3.8) is 0 Å². The highest BCUT2D eigenvalue weighted by Crippen LogP contribution is 2.28. The highest BCUT2D eigenvalue weighted by molar-refractivity contribution is 5.76. The van der Waals surface area contributed by atoms with Crippen LogP contribution in [-0.2, 0) is 4.79 Å². The van der Waals surface area contributed by atoms with Gasteiger partial charge in [-0.05, 0) is 31.2 Å². The molecule has 6 heteroatoms. The van der Waals surface area contributed by atoms with Crippen LogP contribution in [0.1, 0.15) is 57.1 Å². The maximum atomic E-state index is 12.6. The molecule has 1 saturated heterocycles. The fourth-order valence-electron chi connectivity index (χ4n) is 4.23. The molecule has 0 bridgehead atoms. The van der Waals surface area contributed by atoms with Crippen molar-refractivity contribution in [1.29, 1.82) is 0 Å². The van der Waals surface area contributed by atoms with Gasteiger partial charge in [0.25, 0.3) is 5.69 Å². The zero-order valence-corrected chi connectivity index (χ0v) is 15.6. The van der Waals surface area contributed by atoms with E-state index >= 15 is 0 Å². The first kappa shape index (κ1) is 18.8. The van der Waals surface area contributed by atoms with Crippen LogP contribution in [0.4, 0.5) is 5.69 Å². The first-order chi connectivity index (χ1) is 12.5. The lowest BCUT2D eigenvalue weighted by atomic mass is 9.86. The van der Waals surface area contributed by atoms with Crippen molar-refractivity contribution in [3.8, 4) is 0 Å². The molecule has 1 atom stereocenters. The van der Waals surface area contributed by atoms with E-state index in [-0.39, 0.29) is 16.7 Å². The van der Waals surface area contributed by atoms with Crippen LogP contribution < -0.4 is 0 Å². The Morgan fingerprint density at radius 2 is 1.88 bits per heavy atom. The maximum Gasteiger partial charge on any atom is 0.269 e. The van der Waals surface area contributed by atoms with E-state index in [1.165, 1.54) is 38.2 Å². The molecule has 6 nitrogen and oxygen atoms in total. The molecule has 0 N–H and O–H groups in total. The highest BCUT2D eigenvalue weighted by atomic mass is 16.6. The number of carbonyl (C=O) groups excluding carboxylic acids is 1. The SMILES string of the molecule is CC(c1cccc([N+](=O)[O-])c1)N1CCN(C(=O)CC2CCCCC2)CC1. The Morgan fingerprint density at radius 1 is 1.19 bits per heavy atom. The number of amides is 1. The third-order valence-corrected chi connectivity index (χ3v) is 5.97. The van der Waals surface area contributed by atoms with Crippen LogP contribution in [-0.4, -0.2) is 46.8 Å². The lowest BCUT2D eigenvalue weighted by molar-refractivity contribution is -0.385. The molecule has 1 saturated carbocycles. The maximum absolute atomic E-state index is 12.6. The van der Waals surface area contributed by atoms with Crippen molar-refractivity contribution < 1.29 is 9.72 Å². The molecule has 2 fully saturated rings. The van der Waals surface area contributed by atoms with E-state index in [0.717, 1.165) is 31.7 Å². The second kappa shape index (κ2) is 8.62. The second-order valence-electron chi connectivity index (χ2n) is 7.65. The first-order valence-corrected chi connectivity index (χ1v) is 9.81. The molecule has 26 heavy (non-hydrogen) atoms. The molecule has 2 aliphatic rings. The Kier molecular flexibility index (Phi) is 6.25. The summed E-state index contributed by atoms with van der Waals surface area (Å²) in [5.74, 6) is 0.887. The number of nitro groups is 1. The molecule has 0 aromatic heterocycles. The summed E-state index contributed by atoms with van der Waals surface area (Å²) in [4.78, 5) is 27.5. The zero-order chi connectivity index (χ0) is 18.5. The van der Waals surface area contributed by atoms with Gasteiger partial charge in [-0.2, -0.15) is 0 Å². The van der Waals surface area contributed by atoms with E-state index in [2.05, 4.69) is 11.8 Å². The fourth-order valence-corrected chi connectivity index (χ4v) is 4.23. The summed E-state index contributed by atoms with van der Waals surface area (Å²) >= 11 is 0. The van der Waals surface area contributed by atoms with E-state index in [9.17, 15) is 14.9 Å². The average molecular weight is 359 g/mol. The van der Waals surface area contributed by atoms with Crippen molar-refractivity contribution in [3.05, 3.63) is 39.9 Å². The zero-order valence-electron chi connectivity index (χ0n) is 15.6. The lowest BCUT2D eigenvalue weighted by Gasteiger charge is -2.38. The highest BCUT2D eigenvalue weighted by Gasteiger charge is 2.27. The van der Waals surface area contributed by atoms with E-state index in [0.29, 0.717) is 18.2 Å². The van der Waals surface area contributed by atoms with E-state index in [1.54, 1.807) is 12.1 Å². The smallest absolute Gasteiger partial charge is 0.269 e. The van der Waals surface area contributed by atoms with Gasteiger partial charge in [0.15, 0.2) is 0 Å². The van der Waals surface area contributed by atoms with E-state index in [4.69, 9.17) is 0 Å². The Bertz CT molecular complexity index is 635. The van der Waals surface area contributed by atoms with Crippen molar-refractivity contribution in [2.75, 3.05) is 26.2 Å². The van der Waals surface area contributed by atoms with Crippen LogP contribution in [0.2, 0.25) is 0 Å². The summed E-state index contributed by atoms with van der Waals surface area (Å²) in [6.45, 7) is 5.23. The number of nitro benzene ring substituents is 1. The second-order valence-corrected chi connectivity index (χ2v) is 7.65. The van der Waals surface area contributed by atoms with Gasteiger partial charge in [0.05, 0.1) is 4.92 Å². The van der Waals surface area contributed by atoms with Gasteiger partial charge in [0.1, 0.15) is 0 Å². The van der Waals surface area contributed by atoms with Gasteiger partial charge in [0, 0.05) is 50.8 Å². The van der Waals surface area contributed by atoms with E-state index < -0.39 is 0 Å². The van der Waals surface area contributed by atoms with Crippen LogP contribution in [0.15, 0.2) is 24.3 Å². The topological polar surface area (TPSA) is 66.7 Å². The van der Waals surface area contributed by atoms with Gasteiger partial charge < -0.3 is 4.90 Å². The number of carbonyl (C=O) groups is 1. The molecular formula is C20H29N3O3. The molecule has 1 amide bonds. The molecule has 1 aromatic rings. The number of hydrogen-bond acceptors (Lipinski definition) is 4. The predicted molar refractivity (Wildman–Crippen MR) is 101 cm³/mol. The lowest BCUT2D eigenvalue weighted by Crippen LogP contribution is -2.49. The molecule has 142 valence electrons. The quantitative estimate of drug-likeness (QED) is 0.593. The van der Waals surface area contributed by atoms with Gasteiger partial charge in [-0.25, -0.2) is 0 Å². The van der Waals surface area contributed by atoms with Crippen LogP contribution in [0.3, 0.4) is 0 Å². The van der Waals surface area contributed by atoms with Gasteiger partial charge in [0.2, 0.25) is 5.91 Å². The Balaban J connectivity index is 1.52. The number of nitrogens with zero attached hydrogens (tertiary/aromatic N) is 3. The van der Waals surface area contributed by atoms with Crippen LogP contribution in [0, 0.1) is 16.0 Å². The molecule has 3 rings (SSSR count). The number of piperazine rings is 1. The normalized spacial score (nSPS) is 20.7. The molecular weight excluding hydrogens is 330 g/mol. The minimum absolute atomic E-state index is 0.116. The van der Waals surface area contributed by atoms with Crippen molar-refractivity contribution >= 4 is 11.6 Å². The number of hydrogen-bond donors (Lipinski definition) is 0. The number of rotatable bonds is 5. The number of non-ortho nitro benzene ring substituents is 1. The molecule has 1 aliphatic carbocycles. The average Bonchev–Trinajstić information content (AvgIpc) is 2.68. The minimum atomic E-state index is -0.349. The Morgan fingerprint density at radius 3 is 2.54 bits per heavy atom. The largest absolute Gasteiger partial charge is 0.340 e. The Labute approximate surface area is 155 Å². The standard InChI is InChI=1S/C20H29N3O3/c1-16(18-8-5-9-19(15-18)23(25)26)21-10-12-22(13-11-21)20(24)14-17-6-3-2-4-7-17/h5,8-9,15-17H,2-4,6-7,10-14H2,1H3. The van der Waals surface area contributed by atoms with Crippen molar-refractivity contribution in [2.24, 2.45) is 5.92 Å². The summed E-state index contributed by atoms with van der Waals surface area (Å²) in [6.07, 6.45) is 6.98. The molecule has 0 spiro atoms. The summed E-state index contributed by atoms with van der Waals surface area (Å²) in [5, 5.41) is 11.0.